The van der Waals surface area contributed by atoms with Crippen LogP contribution in [0.4, 0.5) is 17.6 Å². The van der Waals surface area contributed by atoms with Gasteiger partial charge >= 0.3 is 6.18 Å². The van der Waals surface area contributed by atoms with Gasteiger partial charge in [-0.3, -0.25) is 4.79 Å². The summed E-state index contributed by atoms with van der Waals surface area (Å²) in [4.78, 5) is 11.8. The van der Waals surface area contributed by atoms with Gasteiger partial charge in [0.25, 0.3) is 0 Å². The van der Waals surface area contributed by atoms with Gasteiger partial charge in [-0.15, -0.1) is 0 Å². The van der Waals surface area contributed by atoms with E-state index in [0.29, 0.717) is 5.56 Å². The van der Waals surface area contributed by atoms with Crippen LogP contribution in [0.1, 0.15) is 22.8 Å². The Labute approximate surface area is 135 Å². The molecule has 0 spiro atoms. The number of carbonyl (C=O) groups is 1. The molecule has 0 aliphatic carbocycles. The number of rotatable bonds is 5. The largest absolute Gasteiger partial charge is 0.416 e. The minimum Gasteiger partial charge on any atom is -0.387 e. The van der Waals surface area contributed by atoms with Gasteiger partial charge in [0.1, 0.15) is 5.82 Å². The fourth-order valence-electron chi connectivity index (χ4n) is 2.12. The molecular weight excluding hydrogens is 326 g/mol. The summed E-state index contributed by atoms with van der Waals surface area (Å²) in [6.45, 7) is -0.122. The zero-order valence-electron chi connectivity index (χ0n) is 12.5. The van der Waals surface area contributed by atoms with Crippen molar-refractivity contribution in [1.82, 2.24) is 5.32 Å². The quantitative estimate of drug-likeness (QED) is 0.821. The predicted octanol–water partition coefficient (Wildman–Crippen LogP) is 3.24. The smallest absolute Gasteiger partial charge is 0.387 e. The third-order valence-corrected chi connectivity index (χ3v) is 3.37. The fourth-order valence-corrected chi connectivity index (χ4v) is 2.12. The summed E-state index contributed by atoms with van der Waals surface area (Å²) in [6.07, 6.45) is -5.73. The van der Waals surface area contributed by atoms with Crippen molar-refractivity contribution >= 4 is 5.91 Å². The molecule has 1 unspecified atom stereocenters. The van der Waals surface area contributed by atoms with Gasteiger partial charge in [0, 0.05) is 6.54 Å². The Kier molecular flexibility index (Phi) is 5.56. The molecule has 0 radical (unpaired) electrons. The SMILES string of the molecule is O=C(Cc1cccc(C(F)(F)F)c1)NCC(O)c1ccc(F)cc1. The maximum absolute atomic E-state index is 12.8. The molecule has 7 heteroatoms. The predicted molar refractivity (Wildman–Crippen MR) is 79.5 cm³/mol. The van der Waals surface area contributed by atoms with Crippen molar-refractivity contribution in [3.05, 3.63) is 71.0 Å². The highest BCUT2D eigenvalue weighted by molar-refractivity contribution is 5.78. The van der Waals surface area contributed by atoms with Crippen LogP contribution in [0.3, 0.4) is 0 Å². The molecule has 2 N–H and O–H groups in total. The number of halogens is 4. The number of aliphatic hydroxyl groups excluding tert-OH is 1. The number of amides is 1. The Bertz CT molecular complexity index is 698. The lowest BCUT2D eigenvalue weighted by molar-refractivity contribution is -0.137. The third kappa shape index (κ3) is 5.06. The van der Waals surface area contributed by atoms with Crippen molar-refractivity contribution in [2.45, 2.75) is 18.7 Å². The number of hydrogen-bond acceptors (Lipinski definition) is 2. The number of alkyl halides is 3. The standard InChI is InChI=1S/C17H15F4NO2/c18-14-6-4-12(5-7-14)15(23)10-22-16(24)9-11-2-1-3-13(8-11)17(19,20)21/h1-8,15,23H,9-10H2,(H,22,24). The lowest BCUT2D eigenvalue weighted by atomic mass is 10.1. The van der Waals surface area contributed by atoms with Crippen LogP contribution >= 0.6 is 0 Å². The van der Waals surface area contributed by atoms with E-state index in [9.17, 15) is 27.5 Å². The van der Waals surface area contributed by atoms with Crippen LogP contribution in [0.15, 0.2) is 48.5 Å². The first-order valence-corrected chi connectivity index (χ1v) is 7.12. The summed E-state index contributed by atoms with van der Waals surface area (Å²) in [5.41, 5.74) is -0.173. The lowest BCUT2D eigenvalue weighted by Gasteiger charge is -2.13. The molecule has 2 rings (SSSR count). The van der Waals surface area contributed by atoms with Gasteiger partial charge in [0.15, 0.2) is 0 Å². The molecule has 128 valence electrons. The average molecular weight is 341 g/mol. The van der Waals surface area contributed by atoms with Gasteiger partial charge in [0.2, 0.25) is 5.91 Å². The zero-order valence-corrected chi connectivity index (χ0v) is 12.5. The number of nitrogens with one attached hydrogen (secondary N) is 1. The Morgan fingerprint density at radius 2 is 1.79 bits per heavy atom. The van der Waals surface area contributed by atoms with Crippen LogP contribution in [0.25, 0.3) is 0 Å². The molecule has 0 saturated carbocycles. The number of carbonyl (C=O) groups excluding carboxylic acids is 1. The highest BCUT2D eigenvalue weighted by atomic mass is 19.4. The second-order valence-corrected chi connectivity index (χ2v) is 5.25. The fraction of sp³-hybridized carbons (Fsp3) is 0.235. The van der Waals surface area contributed by atoms with Crippen molar-refractivity contribution in [2.75, 3.05) is 6.54 Å². The maximum Gasteiger partial charge on any atom is 0.416 e. The topological polar surface area (TPSA) is 49.3 Å². The van der Waals surface area contributed by atoms with E-state index >= 15 is 0 Å². The molecule has 0 heterocycles. The molecular formula is C17H15F4NO2. The van der Waals surface area contributed by atoms with Crippen molar-refractivity contribution in [3.8, 4) is 0 Å². The number of aliphatic hydroxyl groups is 1. The Hall–Kier alpha value is -2.41. The van der Waals surface area contributed by atoms with Gasteiger partial charge in [-0.1, -0.05) is 30.3 Å². The van der Waals surface area contributed by atoms with Crippen LogP contribution in [0.5, 0.6) is 0 Å². The number of hydrogen-bond donors (Lipinski definition) is 2. The van der Waals surface area contributed by atoms with Crippen LogP contribution < -0.4 is 5.32 Å². The van der Waals surface area contributed by atoms with E-state index in [2.05, 4.69) is 5.32 Å². The van der Waals surface area contributed by atoms with E-state index in [1.54, 1.807) is 0 Å². The van der Waals surface area contributed by atoms with E-state index in [0.717, 1.165) is 12.1 Å². The molecule has 0 aliphatic heterocycles. The van der Waals surface area contributed by atoms with Gasteiger partial charge in [0.05, 0.1) is 18.1 Å². The maximum atomic E-state index is 12.8. The van der Waals surface area contributed by atoms with Crippen molar-refractivity contribution in [2.24, 2.45) is 0 Å². The van der Waals surface area contributed by atoms with Crippen molar-refractivity contribution in [1.29, 1.82) is 0 Å². The van der Waals surface area contributed by atoms with Crippen LogP contribution in [-0.2, 0) is 17.4 Å². The highest BCUT2D eigenvalue weighted by Crippen LogP contribution is 2.29. The highest BCUT2D eigenvalue weighted by Gasteiger charge is 2.30. The first-order valence-electron chi connectivity index (χ1n) is 7.12. The van der Waals surface area contributed by atoms with Gasteiger partial charge in [-0.25, -0.2) is 4.39 Å². The molecule has 2 aromatic carbocycles. The Morgan fingerprint density at radius 1 is 1.12 bits per heavy atom. The number of benzene rings is 2. The molecule has 0 saturated heterocycles. The van der Waals surface area contributed by atoms with Gasteiger partial charge in [-0.2, -0.15) is 13.2 Å². The summed E-state index contributed by atoms with van der Waals surface area (Å²) in [7, 11) is 0. The monoisotopic (exact) mass is 341 g/mol. The van der Waals surface area contributed by atoms with Crippen molar-refractivity contribution < 1.29 is 27.5 Å². The zero-order chi connectivity index (χ0) is 17.7. The molecule has 0 fully saturated rings. The molecule has 0 bridgehead atoms. The third-order valence-electron chi connectivity index (χ3n) is 3.37. The van der Waals surface area contributed by atoms with E-state index in [1.807, 2.05) is 0 Å². The van der Waals surface area contributed by atoms with Crippen LogP contribution in [0.2, 0.25) is 0 Å². The minimum absolute atomic E-state index is 0.122. The molecule has 3 nitrogen and oxygen atoms in total. The molecule has 1 amide bonds. The molecule has 1 atom stereocenters. The Morgan fingerprint density at radius 3 is 2.42 bits per heavy atom. The lowest BCUT2D eigenvalue weighted by Crippen LogP contribution is -2.29. The van der Waals surface area contributed by atoms with E-state index in [-0.39, 0.29) is 18.5 Å². The summed E-state index contributed by atoms with van der Waals surface area (Å²) in [6, 6.07) is 9.64. The molecule has 0 aromatic heterocycles. The summed E-state index contributed by atoms with van der Waals surface area (Å²) >= 11 is 0. The Balaban J connectivity index is 1.90. The van der Waals surface area contributed by atoms with Crippen molar-refractivity contribution in [3.63, 3.8) is 0 Å². The van der Waals surface area contributed by atoms with Gasteiger partial charge in [-0.05, 0) is 29.3 Å². The summed E-state index contributed by atoms with van der Waals surface area (Å²) < 4.78 is 50.6. The second-order valence-electron chi connectivity index (χ2n) is 5.25. The van der Waals surface area contributed by atoms with E-state index in [1.165, 1.54) is 36.4 Å². The average Bonchev–Trinajstić information content (AvgIpc) is 2.53. The molecule has 2 aromatic rings. The molecule has 0 aliphatic rings. The minimum atomic E-state index is -4.47. The second kappa shape index (κ2) is 7.44. The first kappa shape index (κ1) is 17.9. The van der Waals surface area contributed by atoms with Crippen LogP contribution in [-0.4, -0.2) is 17.6 Å². The first-order chi connectivity index (χ1) is 11.3. The van der Waals surface area contributed by atoms with Gasteiger partial charge < -0.3 is 10.4 Å². The van der Waals surface area contributed by atoms with E-state index in [4.69, 9.17) is 0 Å². The molecule has 24 heavy (non-hydrogen) atoms. The normalized spacial score (nSPS) is 12.7. The summed E-state index contributed by atoms with van der Waals surface area (Å²) in [5, 5.41) is 12.3. The van der Waals surface area contributed by atoms with Crippen LogP contribution in [0, 0.1) is 5.82 Å². The van der Waals surface area contributed by atoms with E-state index < -0.39 is 29.6 Å². The summed E-state index contributed by atoms with van der Waals surface area (Å²) in [5.74, 6) is -0.963.